The molecule has 0 rings (SSSR count). The Morgan fingerprint density at radius 1 is 1.40 bits per heavy atom. The number of esters is 1. The predicted molar refractivity (Wildman–Crippen MR) is 57.4 cm³/mol. The monoisotopic (exact) mass is 216 g/mol. The van der Waals surface area contributed by atoms with E-state index in [1.165, 1.54) is 0 Å². The summed E-state index contributed by atoms with van der Waals surface area (Å²) in [4.78, 5) is 22.1. The molecule has 0 aliphatic carbocycles. The zero-order chi connectivity index (χ0) is 11.7. The Kier molecular flexibility index (Phi) is 7.62. The lowest BCUT2D eigenvalue weighted by Crippen LogP contribution is -2.38. The van der Waals surface area contributed by atoms with E-state index in [1.54, 1.807) is 14.0 Å². The maximum Gasteiger partial charge on any atom is 0.305 e. The number of hydrogen-bond acceptors (Lipinski definition) is 4. The van der Waals surface area contributed by atoms with E-state index in [0.717, 1.165) is 0 Å². The van der Waals surface area contributed by atoms with Gasteiger partial charge in [0.1, 0.15) is 0 Å². The van der Waals surface area contributed by atoms with Gasteiger partial charge in [-0.25, -0.2) is 0 Å². The highest BCUT2D eigenvalue weighted by Crippen LogP contribution is 1.98. The smallest absolute Gasteiger partial charge is 0.305 e. The number of likely N-dealkylation sites (N-methyl/N-ethyl adjacent to an activating group) is 1. The SMILES string of the molecule is CCOC(=O)CCC(C)NC(=O)CNC. The van der Waals surface area contributed by atoms with E-state index in [1.807, 2.05) is 6.92 Å². The Balaban J connectivity index is 3.60. The molecule has 0 spiro atoms. The minimum absolute atomic E-state index is 0.00439. The molecule has 0 saturated heterocycles. The number of carbonyl (C=O) groups excluding carboxylic acids is 2. The van der Waals surface area contributed by atoms with Crippen molar-refractivity contribution >= 4 is 11.9 Å². The van der Waals surface area contributed by atoms with Crippen LogP contribution in [0.15, 0.2) is 0 Å². The van der Waals surface area contributed by atoms with Crippen molar-refractivity contribution in [2.75, 3.05) is 20.2 Å². The summed E-state index contributed by atoms with van der Waals surface area (Å²) < 4.78 is 4.78. The summed E-state index contributed by atoms with van der Waals surface area (Å²) >= 11 is 0. The largest absolute Gasteiger partial charge is 0.466 e. The molecule has 0 saturated carbocycles. The fraction of sp³-hybridized carbons (Fsp3) is 0.800. The van der Waals surface area contributed by atoms with E-state index >= 15 is 0 Å². The maximum atomic E-state index is 11.1. The fourth-order valence-corrected chi connectivity index (χ4v) is 1.13. The van der Waals surface area contributed by atoms with E-state index in [-0.39, 0.29) is 17.9 Å². The molecule has 0 radical (unpaired) electrons. The van der Waals surface area contributed by atoms with E-state index in [2.05, 4.69) is 10.6 Å². The third-order valence-electron chi connectivity index (χ3n) is 1.83. The Morgan fingerprint density at radius 2 is 2.07 bits per heavy atom. The van der Waals surface area contributed by atoms with Crippen LogP contribution in [-0.2, 0) is 14.3 Å². The van der Waals surface area contributed by atoms with Crippen LogP contribution in [0.2, 0.25) is 0 Å². The van der Waals surface area contributed by atoms with Gasteiger partial charge < -0.3 is 15.4 Å². The maximum absolute atomic E-state index is 11.1. The third-order valence-corrected chi connectivity index (χ3v) is 1.83. The zero-order valence-electron chi connectivity index (χ0n) is 9.63. The van der Waals surface area contributed by atoms with Gasteiger partial charge >= 0.3 is 5.97 Å². The molecular formula is C10H20N2O3. The van der Waals surface area contributed by atoms with Crippen LogP contribution in [0.5, 0.6) is 0 Å². The van der Waals surface area contributed by atoms with Crippen LogP contribution < -0.4 is 10.6 Å². The number of carbonyl (C=O) groups is 2. The Morgan fingerprint density at radius 3 is 2.60 bits per heavy atom. The molecule has 1 atom stereocenters. The summed E-state index contributed by atoms with van der Waals surface area (Å²) in [6.45, 7) is 4.34. The highest BCUT2D eigenvalue weighted by molar-refractivity contribution is 5.78. The Labute approximate surface area is 90.6 Å². The van der Waals surface area contributed by atoms with Crippen molar-refractivity contribution < 1.29 is 14.3 Å². The topological polar surface area (TPSA) is 67.4 Å². The molecule has 0 aromatic carbocycles. The molecule has 1 amide bonds. The standard InChI is InChI=1S/C10H20N2O3/c1-4-15-10(14)6-5-8(2)12-9(13)7-11-3/h8,11H,4-7H2,1-3H3,(H,12,13). The summed E-state index contributed by atoms with van der Waals surface area (Å²) in [5.74, 6) is -0.277. The summed E-state index contributed by atoms with van der Waals surface area (Å²) in [5.41, 5.74) is 0. The molecule has 0 aromatic rings. The van der Waals surface area contributed by atoms with Crippen LogP contribution in [0.4, 0.5) is 0 Å². The van der Waals surface area contributed by atoms with Crippen LogP contribution in [0.25, 0.3) is 0 Å². The summed E-state index contributed by atoms with van der Waals surface area (Å²) in [5, 5.41) is 5.52. The van der Waals surface area contributed by atoms with Crippen LogP contribution in [-0.4, -0.2) is 38.1 Å². The van der Waals surface area contributed by atoms with Gasteiger partial charge in [0.15, 0.2) is 0 Å². The molecule has 2 N–H and O–H groups in total. The van der Waals surface area contributed by atoms with Gasteiger partial charge in [-0.2, -0.15) is 0 Å². The molecule has 0 aliphatic heterocycles. The van der Waals surface area contributed by atoms with Gasteiger partial charge in [0.2, 0.25) is 5.91 Å². The molecule has 0 heterocycles. The Hall–Kier alpha value is -1.10. The molecule has 1 unspecified atom stereocenters. The van der Waals surface area contributed by atoms with Crippen molar-refractivity contribution in [2.24, 2.45) is 0 Å². The van der Waals surface area contributed by atoms with Gasteiger partial charge in [0.05, 0.1) is 13.2 Å². The first-order chi connectivity index (χ1) is 7.10. The molecule has 5 nitrogen and oxygen atoms in total. The number of amides is 1. The van der Waals surface area contributed by atoms with Crippen molar-refractivity contribution in [3.8, 4) is 0 Å². The average Bonchev–Trinajstić information content (AvgIpc) is 2.15. The van der Waals surface area contributed by atoms with Gasteiger partial charge in [-0.05, 0) is 27.3 Å². The van der Waals surface area contributed by atoms with Crippen molar-refractivity contribution in [3.05, 3.63) is 0 Å². The highest BCUT2D eigenvalue weighted by Gasteiger charge is 2.09. The lowest BCUT2D eigenvalue weighted by Gasteiger charge is -2.12. The fourth-order valence-electron chi connectivity index (χ4n) is 1.13. The minimum Gasteiger partial charge on any atom is -0.466 e. The molecule has 15 heavy (non-hydrogen) atoms. The number of nitrogens with one attached hydrogen (secondary N) is 2. The first-order valence-electron chi connectivity index (χ1n) is 5.19. The molecule has 5 heteroatoms. The molecular weight excluding hydrogens is 196 g/mol. The summed E-state index contributed by atoms with van der Waals surface area (Å²) in [6, 6.07) is -0.00439. The van der Waals surface area contributed by atoms with Gasteiger partial charge in [0, 0.05) is 12.5 Å². The third kappa shape index (κ3) is 7.93. The second kappa shape index (κ2) is 8.23. The number of rotatable bonds is 7. The first-order valence-corrected chi connectivity index (χ1v) is 5.19. The molecule has 88 valence electrons. The molecule has 0 aliphatic rings. The minimum atomic E-state index is -0.216. The molecule has 0 fully saturated rings. The zero-order valence-corrected chi connectivity index (χ0v) is 9.63. The Bertz CT molecular complexity index is 207. The van der Waals surface area contributed by atoms with Crippen molar-refractivity contribution in [1.29, 1.82) is 0 Å². The summed E-state index contributed by atoms with van der Waals surface area (Å²) in [7, 11) is 1.71. The number of hydrogen-bond donors (Lipinski definition) is 2. The second-order valence-corrected chi connectivity index (χ2v) is 3.34. The first kappa shape index (κ1) is 13.9. The molecule has 0 bridgehead atoms. The average molecular weight is 216 g/mol. The van der Waals surface area contributed by atoms with Gasteiger partial charge in [-0.1, -0.05) is 0 Å². The van der Waals surface area contributed by atoms with Crippen LogP contribution in [0.1, 0.15) is 26.7 Å². The lowest BCUT2D eigenvalue weighted by molar-refractivity contribution is -0.143. The molecule has 0 aromatic heterocycles. The van der Waals surface area contributed by atoms with Crippen molar-refractivity contribution in [3.63, 3.8) is 0 Å². The second-order valence-electron chi connectivity index (χ2n) is 3.34. The number of ether oxygens (including phenoxy) is 1. The van der Waals surface area contributed by atoms with Crippen LogP contribution >= 0.6 is 0 Å². The van der Waals surface area contributed by atoms with Crippen LogP contribution in [0, 0.1) is 0 Å². The van der Waals surface area contributed by atoms with Gasteiger partial charge in [-0.15, -0.1) is 0 Å². The van der Waals surface area contributed by atoms with E-state index < -0.39 is 0 Å². The van der Waals surface area contributed by atoms with Crippen molar-refractivity contribution in [1.82, 2.24) is 10.6 Å². The van der Waals surface area contributed by atoms with E-state index in [0.29, 0.717) is 26.0 Å². The van der Waals surface area contributed by atoms with Crippen molar-refractivity contribution in [2.45, 2.75) is 32.7 Å². The van der Waals surface area contributed by atoms with E-state index in [9.17, 15) is 9.59 Å². The quantitative estimate of drug-likeness (QED) is 0.590. The lowest BCUT2D eigenvalue weighted by atomic mass is 10.2. The highest BCUT2D eigenvalue weighted by atomic mass is 16.5. The van der Waals surface area contributed by atoms with Gasteiger partial charge in [-0.3, -0.25) is 9.59 Å². The summed E-state index contributed by atoms with van der Waals surface area (Å²) in [6.07, 6.45) is 0.948. The normalized spacial score (nSPS) is 11.9. The predicted octanol–water partition coefficient (Wildman–Crippen LogP) is 0.0538. The van der Waals surface area contributed by atoms with Gasteiger partial charge in [0.25, 0.3) is 0 Å². The van der Waals surface area contributed by atoms with E-state index in [4.69, 9.17) is 4.74 Å². The van der Waals surface area contributed by atoms with Crippen LogP contribution in [0.3, 0.4) is 0 Å².